The monoisotopic (exact) mass is 860 g/mol. The van der Waals surface area contributed by atoms with E-state index < -0.39 is 23.8 Å². The summed E-state index contributed by atoms with van der Waals surface area (Å²) in [6.07, 6.45) is 9.19. The first-order valence-electron chi connectivity index (χ1n) is 22.5. The van der Waals surface area contributed by atoms with Crippen LogP contribution in [0.4, 0.5) is 19.0 Å². The molecule has 2 atom stereocenters. The van der Waals surface area contributed by atoms with Gasteiger partial charge in [0.05, 0.1) is 12.2 Å². The van der Waals surface area contributed by atoms with Crippen LogP contribution in [0.5, 0.6) is 5.75 Å². The number of nitrogens with two attached hydrogens (primary N) is 1. The van der Waals surface area contributed by atoms with Gasteiger partial charge in [0.15, 0.2) is 0 Å². The summed E-state index contributed by atoms with van der Waals surface area (Å²) in [7, 11) is 0. The van der Waals surface area contributed by atoms with Crippen molar-refractivity contribution in [2.45, 2.75) is 173 Å². The molecular formula is C49H80F3N5O4. The highest BCUT2D eigenvalue weighted by Crippen LogP contribution is 2.44. The number of allylic oxidation sites excluding steroid dienone is 4. The number of alkyl halides is 3. The normalized spacial score (nSPS) is 13.3. The molecule has 4 N–H and O–H groups in total. The average Bonchev–Trinajstić information content (AvgIpc) is 3.62. The van der Waals surface area contributed by atoms with Gasteiger partial charge in [0, 0.05) is 34.6 Å². The molecular weight excluding hydrogens is 780 g/mol. The molecule has 1 amide bonds. The molecule has 4 rings (SSSR count). The van der Waals surface area contributed by atoms with E-state index in [1.54, 1.807) is 24.4 Å². The Labute approximate surface area is 366 Å². The predicted molar refractivity (Wildman–Crippen MR) is 250 cm³/mol. The van der Waals surface area contributed by atoms with E-state index in [9.17, 15) is 22.8 Å². The third-order valence-electron chi connectivity index (χ3n) is 9.13. The van der Waals surface area contributed by atoms with E-state index >= 15 is 0 Å². The first kappa shape index (κ1) is 58.6. The molecule has 9 nitrogen and oxygen atoms in total. The zero-order valence-electron chi connectivity index (χ0n) is 39.9. The Hall–Kier alpha value is -4.45. The molecule has 1 aliphatic rings. The van der Waals surface area contributed by atoms with Crippen molar-refractivity contribution < 1.29 is 32.6 Å². The van der Waals surface area contributed by atoms with Gasteiger partial charge in [0.1, 0.15) is 41.0 Å². The fourth-order valence-corrected chi connectivity index (χ4v) is 5.66. The first-order valence-corrected chi connectivity index (χ1v) is 22.5. The lowest BCUT2D eigenvalue weighted by Gasteiger charge is -2.32. The van der Waals surface area contributed by atoms with E-state index in [4.69, 9.17) is 20.6 Å². The summed E-state index contributed by atoms with van der Waals surface area (Å²) in [6, 6.07) is 4.90. The molecule has 0 aliphatic heterocycles. The number of rotatable bonds is 15. The number of anilines is 1. The topological polar surface area (TPSA) is 132 Å². The standard InChI is InChI=1S/C34H42F3N5O2.C5H12.C3H6O2.C3H8.2C2H6/c1-6-10-11-15-24(34(35,36)37)18-21(5)40-33(43)23-16-17-27(28(19-23)44-9-4)29-30-31(38)39-20-25(7-2)42(30)32(41-29)26(8-3)22-13-12-14-22;1-4-5(2)3;1-3(5)2-4;1-3-2;2*1-2/h11,15-20,22,26H,5-10,12-14H2,1-4H3,(H2,38,39)(H,40,43);5H,4H2,1-3H3;2-3,5H,1H3;3H2,1-2H3;2*1-2H3/b15-11-,24-18+;;;;;. The number of hydrogen-bond donors (Lipinski definition) is 3. The number of nitrogens with zero attached hydrogens (tertiary/aromatic N) is 3. The number of benzene rings is 1. The van der Waals surface area contributed by atoms with Crippen LogP contribution in [-0.4, -0.2) is 50.6 Å². The van der Waals surface area contributed by atoms with E-state index in [0.717, 1.165) is 48.9 Å². The molecule has 0 bridgehead atoms. The van der Waals surface area contributed by atoms with E-state index in [0.29, 0.717) is 53.6 Å². The van der Waals surface area contributed by atoms with E-state index in [-0.39, 0.29) is 17.2 Å². The fraction of sp³-hybridized carbons (Fsp3) is 0.592. The average molecular weight is 860 g/mol. The lowest BCUT2D eigenvalue weighted by Crippen LogP contribution is -2.22. The van der Waals surface area contributed by atoms with Crippen LogP contribution in [0, 0.1) is 11.8 Å². The molecule has 346 valence electrons. The maximum atomic E-state index is 13.5. The summed E-state index contributed by atoms with van der Waals surface area (Å²) >= 11 is 0. The number of nitrogen functional groups attached to an aromatic ring is 1. The van der Waals surface area contributed by atoms with Crippen LogP contribution in [0.25, 0.3) is 16.8 Å². The van der Waals surface area contributed by atoms with Gasteiger partial charge in [-0.2, -0.15) is 13.2 Å². The van der Waals surface area contributed by atoms with Gasteiger partial charge in [-0.15, -0.1) is 0 Å². The van der Waals surface area contributed by atoms with Crippen molar-refractivity contribution in [3.63, 3.8) is 0 Å². The Balaban J connectivity index is 0. The SMILES string of the molecule is C=C(/C=C(\C=C/CCC)C(F)(F)F)NC(=O)c1ccc(-c2nc(C(CC)C3CCC3)n3c(CC)cnc(N)c23)c(OCC)c1.CC.CC.CC(O)C=O.CCC.CCC(C)C. The molecule has 2 aromatic heterocycles. The van der Waals surface area contributed by atoms with Crippen LogP contribution in [0.3, 0.4) is 0 Å². The molecule has 1 fully saturated rings. The second-order valence-corrected chi connectivity index (χ2v) is 14.5. The number of aliphatic hydroxyl groups excluding tert-OH is 1. The Bertz CT molecular complexity index is 1760. The van der Waals surface area contributed by atoms with E-state index in [1.807, 2.05) is 41.5 Å². The largest absolute Gasteiger partial charge is 0.493 e. The van der Waals surface area contributed by atoms with Crippen molar-refractivity contribution >= 4 is 23.5 Å². The number of amides is 1. The predicted octanol–water partition coefficient (Wildman–Crippen LogP) is 13.4. The molecule has 1 aromatic carbocycles. The van der Waals surface area contributed by atoms with Crippen LogP contribution in [0.1, 0.15) is 176 Å². The number of nitrogens with one attached hydrogen (secondary N) is 1. The third-order valence-corrected chi connectivity index (χ3v) is 9.13. The fourth-order valence-electron chi connectivity index (χ4n) is 5.66. The number of unbranched alkanes of at least 4 members (excludes halogenated alkanes) is 1. The second-order valence-electron chi connectivity index (χ2n) is 14.5. The third kappa shape index (κ3) is 19.9. The zero-order chi connectivity index (χ0) is 47.3. The van der Waals surface area contributed by atoms with Crippen LogP contribution < -0.4 is 15.8 Å². The summed E-state index contributed by atoms with van der Waals surface area (Å²) in [4.78, 5) is 32.1. The number of imidazole rings is 1. The minimum absolute atomic E-state index is 0.178. The van der Waals surface area contributed by atoms with Crippen molar-refractivity contribution in [3.8, 4) is 17.0 Å². The highest BCUT2D eigenvalue weighted by Gasteiger charge is 2.33. The number of hydrogen-bond acceptors (Lipinski definition) is 7. The molecule has 0 radical (unpaired) electrons. The minimum atomic E-state index is -4.59. The Morgan fingerprint density at radius 3 is 2.05 bits per heavy atom. The van der Waals surface area contributed by atoms with Gasteiger partial charge in [0.2, 0.25) is 0 Å². The van der Waals surface area contributed by atoms with Crippen LogP contribution in [0.15, 0.2) is 60.5 Å². The van der Waals surface area contributed by atoms with Gasteiger partial charge in [-0.1, -0.05) is 127 Å². The summed E-state index contributed by atoms with van der Waals surface area (Å²) in [5.41, 5.74) is 8.58. The number of aromatic nitrogens is 3. The molecule has 0 saturated heterocycles. The number of carbonyl (C=O) groups excluding carboxylic acids is 2. The molecule has 1 saturated carbocycles. The number of aliphatic hydroxyl groups is 1. The number of aldehydes is 1. The number of carbonyl (C=O) groups is 2. The quantitative estimate of drug-likeness (QED) is 0.102. The summed E-state index contributed by atoms with van der Waals surface area (Å²) in [5.74, 6) is 2.79. The van der Waals surface area contributed by atoms with E-state index in [1.165, 1.54) is 45.1 Å². The summed E-state index contributed by atoms with van der Waals surface area (Å²) in [6.45, 7) is 32.2. The van der Waals surface area contributed by atoms with Gasteiger partial charge in [-0.05, 0) is 82.1 Å². The maximum absolute atomic E-state index is 13.5. The molecule has 2 heterocycles. The Morgan fingerprint density at radius 1 is 1.05 bits per heavy atom. The molecule has 12 heteroatoms. The van der Waals surface area contributed by atoms with Crippen molar-refractivity contribution in [1.82, 2.24) is 19.7 Å². The van der Waals surface area contributed by atoms with Crippen LogP contribution in [-0.2, 0) is 11.2 Å². The van der Waals surface area contributed by atoms with Crippen molar-refractivity contribution in [2.75, 3.05) is 12.3 Å². The molecule has 0 spiro atoms. The molecule has 1 aliphatic carbocycles. The highest BCUT2D eigenvalue weighted by atomic mass is 19.4. The molecule has 3 aromatic rings. The van der Waals surface area contributed by atoms with Gasteiger partial charge >= 0.3 is 6.18 Å². The molecule has 61 heavy (non-hydrogen) atoms. The number of ether oxygens (including phenoxy) is 1. The van der Waals surface area contributed by atoms with Gasteiger partial charge in [-0.3, -0.25) is 9.20 Å². The highest BCUT2D eigenvalue weighted by molar-refractivity contribution is 5.97. The Morgan fingerprint density at radius 2 is 1.62 bits per heavy atom. The lowest BCUT2D eigenvalue weighted by atomic mass is 9.74. The van der Waals surface area contributed by atoms with Gasteiger partial charge < -0.3 is 25.7 Å². The van der Waals surface area contributed by atoms with Crippen LogP contribution >= 0.6 is 0 Å². The van der Waals surface area contributed by atoms with Crippen molar-refractivity contribution in [3.05, 3.63) is 77.6 Å². The smallest absolute Gasteiger partial charge is 0.416 e. The van der Waals surface area contributed by atoms with Crippen LogP contribution in [0.2, 0.25) is 0 Å². The Kier molecular flexibility index (Phi) is 31.0. The first-order chi connectivity index (χ1) is 29.0. The summed E-state index contributed by atoms with van der Waals surface area (Å²) < 4.78 is 48.7. The number of halogens is 3. The second kappa shape index (κ2) is 32.3. The van der Waals surface area contributed by atoms with Crippen molar-refractivity contribution in [1.29, 1.82) is 0 Å². The number of fused-ring (bicyclic) bond motifs is 1. The zero-order valence-corrected chi connectivity index (χ0v) is 39.9. The number of aryl methyl sites for hydroxylation is 1. The van der Waals surface area contributed by atoms with E-state index in [2.05, 4.69) is 69.7 Å². The lowest BCUT2D eigenvalue weighted by molar-refractivity contribution is -0.114. The van der Waals surface area contributed by atoms with Gasteiger partial charge in [-0.25, -0.2) is 9.97 Å². The summed E-state index contributed by atoms with van der Waals surface area (Å²) in [5, 5.41) is 10.5. The van der Waals surface area contributed by atoms with Crippen molar-refractivity contribution in [2.24, 2.45) is 11.8 Å². The van der Waals surface area contributed by atoms with Gasteiger partial charge in [0.25, 0.3) is 5.91 Å². The molecule has 2 unspecified atom stereocenters. The maximum Gasteiger partial charge on any atom is 0.416 e. The minimum Gasteiger partial charge on any atom is -0.493 e.